The molecule has 0 spiro atoms. The van der Waals surface area contributed by atoms with Crippen LogP contribution in [0.15, 0.2) is 57.5 Å². The van der Waals surface area contributed by atoms with Crippen molar-refractivity contribution in [2.24, 2.45) is 0 Å². The molecule has 0 aliphatic carbocycles. The third kappa shape index (κ3) is 3.82. The molecule has 4 rings (SSSR count). The molecule has 2 aliphatic rings. The van der Waals surface area contributed by atoms with Gasteiger partial charge in [-0.15, -0.1) is 0 Å². The summed E-state index contributed by atoms with van der Waals surface area (Å²) in [6, 6.07) is 12.7. The zero-order chi connectivity index (χ0) is 21.3. The normalized spacial score (nSPS) is 20.9. The average molecular weight is 423 g/mol. The molecule has 3 heterocycles. The molecule has 6 nitrogen and oxygen atoms in total. The number of nitriles is 1. The van der Waals surface area contributed by atoms with Gasteiger partial charge in [0, 0.05) is 22.8 Å². The number of carbonyl (C=O) groups is 2. The van der Waals surface area contributed by atoms with Gasteiger partial charge in [-0.05, 0) is 67.8 Å². The van der Waals surface area contributed by atoms with Crippen LogP contribution in [0.1, 0.15) is 25.5 Å². The van der Waals surface area contributed by atoms with Gasteiger partial charge in [0.15, 0.2) is 0 Å². The first-order valence-electron chi connectivity index (χ1n) is 9.64. The molecule has 1 fully saturated rings. The Labute approximate surface area is 179 Å². The average Bonchev–Trinajstić information content (AvgIpc) is 3.42. The second kappa shape index (κ2) is 8.31. The fourth-order valence-electron chi connectivity index (χ4n) is 3.63. The zero-order valence-corrected chi connectivity index (χ0v) is 17.1. The van der Waals surface area contributed by atoms with Crippen molar-refractivity contribution >= 4 is 29.5 Å². The van der Waals surface area contributed by atoms with Crippen molar-refractivity contribution in [3.05, 3.63) is 63.9 Å². The van der Waals surface area contributed by atoms with Gasteiger partial charge in [0.05, 0.1) is 12.6 Å². The molecule has 2 aromatic rings. The number of rotatable bonds is 4. The molecular formula is C23H19ClN2O4. The number of amides is 2. The largest absolute Gasteiger partial charge is 0.457 e. The van der Waals surface area contributed by atoms with Crippen LogP contribution in [0.3, 0.4) is 0 Å². The lowest BCUT2D eigenvalue weighted by Crippen LogP contribution is -2.46. The zero-order valence-electron chi connectivity index (χ0n) is 16.4. The van der Waals surface area contributed by atoms with Crippen LogP contribution in [0.2, 0.25) is 5.02 Å². The van der Waals surface area contributed by atoms with E-state index in [0.29, 0.717) is 28.7 Å². The number of ether oxygens (including phenoxy) is 1. The van der Waals surface area contributed by atoms with Gasteiger partial charge in [-0.2, -0.15) is 5.26 Å². The maximum absolute atomic E-state index is 13.1. The van der Waals surface area contributed by atoms with Crippen LogP contribution in [-0.4, -0.2) is 36.0 Å². The van der Waals surface area contributed by atoms with Gasteiger partial charge in [0.2, 0.25) is 0 Å². The van der Waals surface area contributed by atoms with E-state index in [2.05, 4.69) is 0 Å². The van der Waals surface area contributed by atoms with Gasteiger partial charge in [0.1, 0.15) is 23.2 Å². The first-order valence-corrected chi connectivity index (χ1v) is 10.0. The maximum atomic E-state index is 13.1. The van der Waals surface area contributed by atoms with Gasteiger partial charge >= 0.3 is 0 Å². The lowest BCUT2D eigenvalue weighted by molar-refractivity contribution is -0.142. The Morgan fingerprint density at radius 1 is 1.20 bits per heavy atom. The molecule has 2 amide bonds. The van der Waals surface area contributed by atoms with Crippen molar-refractivity contribution in [3.8, 4) is 17.4 Å². The quantitative estimate of drug-likeness (QED) is 0.539. The molecule has 0 radical (unpaired) electrons. The van der Waals surface area contributed by atoms with Crippen molar-refractivity contribution in [3.63, 3.8) is 0 Å². The summed E-state index contributed by atoms with van der Waals surface area (Å²) in [6.07, 6.45) is 3.05. The number of benzene rings is 1. The number of halogens is 1. The molecule has 1 aromatic carbocycles. The Balaban J connectivity index is 1.67. The molecule has 1 aromatic heterocycles. The van der Waals surface area contributed by atoms with Gasteiger partial charge in [-0.1, -0.05) is 11.6 Å². The third-order valence-electron chi connectivity index (χ3n) is 5.28. The molecule has 0 saturated carbocycles. The molecule has 1 atom stereocenters. The molecule has 30 heavy (non-hydrogen) atoms. The van der Waals surface area contributed by atoms with Crippen LogP contribution in [-0.2, 0) is 14.3 Å². The van der Waals surface area contributed by atoms with Gasteiger partial charge in [0.25, 0.3) is 11.8 Å². The Morgan fingerprint density at radius 2 is 1.97 bits per heavy atom. The predicted molar refractivity (Wildman–Crippen MR) is 111 cm³/mol. The topological polar surface area (TPSA) is 83.5 Å². The maximum Gasteiger partial charge on any atom is 0.271 e. The number of imide groups is 1. The van der Waals surface area contributed by atoms with E-state index < -0.39 is 11.8 Å². The van der Waals surface area contributed by atoms with E-state index in [1.807, 2.05) is 18.2 Å². The Bertz CT molecular complexity index is 1100. The molecular weight excluding hydrogens is 404 g/mol. The summed E-state index contributed by atoms with van der Waals surface area (Å²) < 4.78 is 11.4. The summed E-state index contributed by atoms with van der Waals surface area (Å²) in [4.78, 5) is 26.9. The minimum absolute atomic E-state index is 0.0386. The summed E-state index contributed by atoms with van der Waals surface area (Å²) in [5.74, 6) is 0.0490. The number of hydrogen-bond donors (Lipinski definition) is 0. The van der Waals surface area contributed by atoms with Crippen molar-refractivity contribution in [1.82, 2.24) is 4.90 Å². The van der Waals surface area contributed by atoms with Crippen molar-refractivity contribution in [2.45, 2.75) is 25.9 Å². The SMILES string of the molecule is CC1=C(C#N)C(=O)N(CC2CCCO2)C(=O)/C1=C/c1ccc(-c2ccc(Cl)cc2)o1. The predicted octanol–water partition coefficient (Wildman–Crippen LogP) is 4.37. The van der Waals surface area contributed by atoms with E-state index >= 15 is 0 Å². The van der Waals surface area contributed by atoms with Crippen LogP contribution in [0, 0.1) is 11.3 Å². The highest BCUT2D eigenvalue weighted by molar-refractivity contribution is 6.30. The summed E-state index contributed by atoms with van der Waals surface area (Å²) in [7, 11) is 0. The van der Waals surface area contributed by atoms with Gasteiger partial charge in [-0.25, -0.2) is 0 Å². The third-order valence-corrected chi connectivity index (χ3v) is 5.53. The smallest absolute Gasteiger partial charge is 0.271 e. The summed E-state index contributed by atoms with van der Waals surface area (Å²) in [6.45, 7) is 2.36. The lowest BCUT2D eigenvalue weighted by atomic mass is 9.94. The summed E-state index contributed by atoms with van der Waals surface area (Å²) in [5, 5.41) is 10.1. The van der Waals surface area contributed by atoms with Crippen molar-refractivity contribution in [2.75, 3.05) is 13.2 Å². The van der Waals surface area contributed by atoms with E-state index in [9.17, 15) is 14.9 Å². The van der Waals surface area contributed by atoms with E-state index in [1.54, 1.807) is 37.3 Å². The van der Waals surface area contributed by atoms with Gasteiger partial charge < -0.3 is 9.15 Å². The van der Waals surface area contributed by atoms with E-state index in [4.69, 9.17) is 20.8 Å². The fourth-order valence-corrected chi connectivity index (χ4v) is 3.76. The Hall–Kier alpha value is -3.14. The molecule has 2 aliphatic heterocycles. The van der Waals surface area contributed by atoms with Crippen LogP contribution in [0.4, 0.5) is 0 Å². The fraction of sp³-hybridized carbons (Fsp3) is 0.261. The number of nitrogens with zero attached hydrogens (tertiary/aromatic N) is 2. The molecule has 0 bridgehead atoms. The van der Waals surface area contributed by atoms with E-state index in [0.717, 1.165) is 23.3 Å². The number of hydrogen-bond acceptors (Lipinski definition) is 5. The van der Waals surface area contributed by atoms with Crippen LogP contribution in [0.5, 0.6) is 0 Å². The number of carbonyl (C=O) groups excluding carboxylic acids is 2. The summed E-state index contributed by atoms with van der Waals surface area (Å²) in [5.41, 5.74) is 1.42. The van der Waals surface area contributed by atoms with Gasteiger partial charge in [-0.3, -0.25) is 14.5 Å². The second-order valence-electron chi connectivity index (χ2n) is 7.23. The number of furan rings is 1. The molecule has 7 heteroatoms. The highest BCUT2D eigenvalue weighted by Gasteiger charge is 2.37. The van der Waals surface area contributed by atoms with Crippen LogP contribution in [0.25, 0.3) is 17.4 Å². The monoisotopic (exact) mass is 422 g/mol. The standard InChI is InChI=1S/C23H19ClN2O4/c1-14-19(11-17-8-9-21(30-17)15-4-6-16(24)7-5-15)22(27)26(23(28)20(14)12-25)13-18-3-2-10-29-18/h4-9,11,18H,2-3,10,13H2,1H3/b19-11+. The lowest BCUT2D eigenvalue weighted by Gasteiger charge is -2.29. The molecule has 1 unspecified atom stereocenters. The minimum Gasteiger partial charge on any atom is -0.457 e. The highest BCUT2D eigenvalue weighted by Crippen LogP contribution is 2.30. The molecule has 1 saturated heterocycles. The van der Waals surface area contributed by atoms with Crippen molar-refractivity contribution < 1.29 is 18.7 Å². The Kier molecular flexibility index (Phi) is 5.58. The van der Waals surface area contributed by atoms with E-state index in [-0.39, 0.29) is 23.8 Å². The highest BCUT2D eigenvalue weighted by atomic mass is 35.5. The first-order chi connectivity index (χ1) is 14.5. The second-order valence-corrected chi connectivity index (χ2v) is 7.67. The van der Waals surface area contributed by atoms with Crippen LogP contribution >= 0.6 is 11.6 Å². The van der Waals surface area contributed by atoms with E-state index in [1.165, 1.54) is 0 Å². The Morgan fingerprint density at radius 3 is 2.63 bits per heavy atom. The van der Waals surface area contributed by atoms with Crippen molar-refractivity contribution in [1.29, 1.82) is 5.26 Å². The summed E-state index contributed by atoms with van der Waals surface area (Å²) >= 11 is 5.93. The van der Waals surface area contributed by atoms with Crippen LogP contribution < -0.4 is 0 Å². The molecule has 152 valence electrons. The molecule has 0 N–H and O–H groups in total. The minimum atomic E-state index is -0.575. The first kappa shape index (κ1) is 20.1.